The molecule has 196 valence electrons. The Labute approximate surface area is 220 Å². The Morgan fingerprint density at radius 2 is 1.68 bits per heavy atom. The number of amides is 1. The molecule has 0 saturated heterocycles. The van der Waals surface area contributed by atoms with Crippen molar-refractivity contribution in [2.75, 3.05) is 19.7 Å². The molecule has 1 aliphatic carbocycles. The second-order valence-corrected chi connectivity index (χ2v) is 9.79. The summed E-state index contributed by atoms with van der Waals surface area (Å²) in [6, 6.07) is 17.9. The molecule has 0 spiro atoms. The van der Waals surface area contributed by atoms with Gasteiger partial charge in [0.05, 0.1) is 18.0 Å². The van der Waals surface area contributed by atoms with Crippen LogP contribution in [-0.2, 0) is 4.74 Å². The molecule has 0 atom stereocenters. The molecule has 1 heterocycles. The topological polar surface area (TPSA) is 64.4 Å². The molecule has 1 saturated carbocycles. The van der Waals surface area contributed by atoms with Gasteiger partial charge in [-0.3, -0.25) is 4.79 Å². The number of nitrogens with zero attached hydrogens (tertiary/aromatic N) is 3. The molecule has 3 aromatic rings. The molecule has 1 aliphatic rings. The zero-order valence-electron chi connectivity index (χ0n) is 22.4. The van der Waals surface area contributed by atoms with E-state index in [0.717, 1.165) is 36.3 Å². The first-order valence-corrected chi connectivity index (χ1v) is 13.8. The number of unbranched alkanes of at least 4 members (excludes halogenated alkanes) is 1. The molecule has 1 aromatic heterocycles. The second kappa shape index (κ2) is 12.7. The van der Waals surface area contributed by atoms with Gasteiger partial charge in [-0.1, -0.05) is 56.9 Å². The highest BCUT2D eigenvalue weighted by Gasteiger charge is 2.20. The number of esters is 1. The van der Waals surface area contributed by atoms with Gasteiger partial charge in [0.25, 0.3) is 5.91 Å². The van der Waals surface area contributed by atoms with E-state index in [1.165, 1.54) is 37.7 Å². The van der Waals surface area contributed by atoms with Crippen molar-refractivity contribution in [1.82, 2.24) is 14.7 Å². The minimum Gasteiger partial charge on any atom is -0.461 e. The fraction of sp³-hybridized carbons (Fsp3) is 0.452. The minimum atomic E-state index is -0.442. The zero-order chi connectivity index (χ0) is 26.2. The van der Waals surface area contributed by atoms with Crippen LogP contribution < -0.4 is 0 Å². The molecule has 1 fully saturated rings. The lowest BCUT2D eigenvalue weighted by Gasteiger charge is -2.22. The summed E-state index contributed by atoms with van der Waals surface area (Å²) in [5.41, 5.74) is 4.89. The van der Waals surface area contributed by atoms with Gasteiger partial charge < -0.3 is 9.64 Å². The van der Waals surface area contributed by atoms with Crippen LogP contribution in [0.5, 0.6) is 0 Å². The van der Waals surface area contributed by atoms with Crippen molar-refractivity contribution < 1.29 is 14.3 Å². The molecule has 0 radical (unpaired) electrons. The van der Waals surface area contributed by atoms with Gasteiger partial charge in [0, 0.05) is 24.2 Å². The fourth-order valence-corrected chi connectivity index (χ4v) is 5.13. The van der Waals surface area contributed by atoms with E-state index in [1.807, 2.05) is 36.1 Å². The lowest BCUT2D eigenvalue weighted by molar-refractivity contribution is 0.0518. The Bertz CT molecular complexity index is 1180. The zero-order valence-corrected chi connectivity index (χ0v) is 22.4. The largest absolute Gasteiger partial charge is 0.461 e. The van der Waals surface area contributed by atoms with Gasteiger partial charge in [0.1, 0.15) is 0 Å². The monoisotopic (exact) mass is 501 g/mol. The van der Waals surface area contributed by atoms with Crippen LogP contribution in [0.3, 0.4) is 0 Å². The Balaban J connectivity index is 1.64. The van der Waals surface area contributed by atoms with Gasteiger partial charge in [-0.2, -0.15) is 5.10 Å². The van der Waals surface area contributed by atoms with Crippen LogP contribution in [0.15, 0.2) is 54.6 Å². The number of hydrogen-bond donors (Lipinski definition) is 0. The van der Waals surface area contributed by atoms with Crippen LogP contribution >= 0.6 is 0 Å². The number of rotatable bonds is 10. The molecule has 37 heavy (non-hydrogen) atoms. The number of ether oxygens (including phenoxy) is 1. The first-order valence-electron chi connectivity index (χ1n) is 13.8. The predicted molar refractivity (Wildman–Crippen MR) is 147 cm³/mol. The number of carbonyl (C=O) groups excluding carboxylic acids is 2. The van der Waals surface area contributed by atoms with Crippen LogP contribution in [-0.4, -0.2) is 46.3 Å². The molecule has 0 aliphatic heterocycles. The van der Waals surface area contributed by atoms with E-state index >= 15 is 0 Å². The molecular formula is C31H39N3O3. The first-order chi connectivity index (χ1) is 18.0. The first kappa shape index (κ1) is 26.6. The summed E-state index contributed by atoms with van der Waals surface area (Å²) in [6.07, 6.45) is 8.49. The van der Waals surface area contributed by atoms with Crippen LogP contribution in [0.4, 0.5) is 0 Å². The number of aromatic nitrogens is 2. The normalized spacial score (nSPS) is 13.9. The van der Waals surface area contributed by atoms with Crippen LogP contribution in [0.25, 0.3) is 16.9 Å². The molecular weight excluding hydrogens is 462 g/mol. The van der Waals surface area contributed by atoms with Crippen molar-refractivity contribution in [2.45, 2.75) is 71.6 Å². The molecule has 0 bridgehead atoms. The van der Waals surface area contributed by atoms with E-state index < -0.39 is 5.97 Å². The standard InChI is InChI=1S/C31H39N3O3/c1-4-7-21-33(5-2)30(35)26-17-19-27(20-18-26)34-29(22-28(32-34)31(36)37-6-3)25-15-13-24(14-16-25)23-11-9-8-10-12-23/h13-20,22-23H,4-12,21H2,1-3H3. The maximum Gasteiger partial charge on any atom is 0.358 e. The fourth-order valence-electron chi connectivity index (χ4n) is 5.13. The average Bonchev–Trinajstić information content (AvgIpc) is 3.40. The molecule has 0 N–H and O–H groups in total. The van der Waals surface area contributed by atoms with Gasteiger partial charge in [-0.05, 0) is 74.9 Å². The number of benzene rings is 2. The summed E-state index contributed by atoms with van der Waals surface area (Å²) in [6.45, 7) is 7.66. The summed E-state index contributed by atoms with van der Waals surface area (Å²) in [7, 11) is 0. The molecule has 2 aromatic carbocycles. The summed E-state index contributed by atoms with van der Waals surface area (Å²) >= 11 is 0. The molecule has 6 heteroatoms. The lowest BCUT2D eigenvalue weighted by Crippen LogP contribution is -2.31. The molecule has 0 unspecified atom stereocenters. The summed E-state index contributed by atoms with van der Waals surface area (Å²) < 4.78 is 6.99. The van der Waals surface area contributed by atoms with Gasteiger partial charge in [-0.25, -0.2) is 9.48 Å². The Kier molecular flexibility index (Phi) is 9.15. The average molecular weight is 502 g/mol. The third-order valence-electron chi connectivity index (χ3n) is 7.29. The van der Waals surface area contributed by atoms with E-state index in [4.69, 9.17) is 4.74 Å². The van der Waals surface area contributed by atoms with Crippen molar-refractivity contribution >= 4 is 11.9 Å². The molecule has 1 amide bonds. The van der Waals surface area contributed by atoms with Crippen molar-refractivity contribution in [2.24, 2.45) is 0 Å². The highest BCUT2D eigenvalue weighted by Crippen LogP contribution is 2.34. The van der Waals surface area contributed by atoms with Crippen LogP contribution in [0.2, 0.25) is 0 Å². The predicted octanol–water partition coefficient (Wildman–Crippen LogP) is 7.03. The van der Waals surface area contributed by atoms with Crippen molar-refractivity contribution in [3.63, 3.8) is 0 Å². The van der Waals surface area contributed by atoms with Gasteiger partial charge in [0.2, 0.25) is 0 Å². The minimum absolute atomic E-state index is 0.0358. The van der Waals surface area contributed by atoms with E-state index in [9.17, 15) is 9.59 Å². The maximum absolute atomic E-state index is 13.0. The van der Waals surface area contributed by atoms with E-state index in [1.54, 1.807) is 17.7 Å². The summed E-state index contributed by atoms with van der Waals surface area (Å²) in [4.78, 5) is 27.4. The molecule has 4 rings (SSSR count). The Morgan fingerprint density at radius 1 is 0.973 bits per heavy atom. The van der Waals surface area contributed by atoms with E-state index in [0.29, 0.717) is 24.6 Å². The smallest absolute Gasteiger partial charge is 0.358 e. The number of hydrogen-bond acceptors (Lipinski definition) is 4. The Morgan fingerprint density at radius 3 is 2.30 bits per heavy atom. The van der Waals surface area contributed by atoms with Crippen molar-refractivity contribution in [3.05, 3.63) is 71.4 Å². The van der Waals surface area contributed by atoms with Crippen LogP contribution in [0, 0.1) is 0 Å². The maximum atomic E-state index is 13.0. The third-order valence-corrected chi connectivity index (χ3v) is 7.29. The van der Waals surface area contributed by atoms with Crippen molar-refractivity contribution in [3.8, 4) is 16.9 Å². The highest BCUT2D eigenvalue weighted by atomic mass is 16.5. The third kappa shape index (κ3) is 6.30. The molecule has 6 nitrogen and oxygen atoms in total. The quantitative estimate of drug-likeness (QED) is 0.280. The van der Waals surface area contributed by atoms with Gasteiger partial charge >= 0.3 is 5.97 Å². The van der Waals surface area contributed by atoms with E-state index in [2.05, 4.69) is 36.3 Å². The second-order valence-electron chi connectivity index (χ2n) is 9.79. The van der Waals surface area contributed by atoms with E-state index in [-0.39, 0.29) is 11.6 Å². The lowest BCUT2D eigenvalue weighted by atomic mass is 9.84. The highest BCUT2D eigenvalue weighted by molar-refractivity contribution is 5.94. The summed E-state index contributed by atoms with van der Waals surface area (Å²) in [5.74, 6) is 0.226. The SMILES string of the molecule is CCCCN(CC)C(=O)c1ccc(-n2nc(C(=O)OCC)cc2-c2ccc(C3CCCCC3)cc2)cc1. The van der Waals surface area contributed by atoms with Gasteiger partial charge in [0.15, 0.2) is 5.69 Å². The Hall–Kier alpha value is -3.41. The van der Waals surface area contributed by atoms with Crippen molar-refractivity contribution in [1.29, 1.82) is 0 Å². The van der Waals surface area contributed by atoms with Gasteiger partial charge in [-0.15, -0.1) is 0 Å². The number of carbonyl (C=O) groups is 2. The summed E-state index contributed by atoms with van der Waals surface area (Å²) in [5, 5.41) is 4.60. The van der Waals surface area contributed by atoms with Crippen LogP contribution in [0.1, 0.15) is 98.0 Å².